The van der Waals surface area contributed by atoms with Gasteiger partial charge in [-0.05, 0) is 23.8 Å². The van der Waals surface area contributed by atoms with Crippen LogP contribution in [0.1, 0.15) is 20.7 Å². The third-order valence-corrected chi connectivity index (χ3v) is 6.36. The van der Waals surface area contributed by atoms with Gasteiger partial charge in [0.15, 0.2) is 0 Å². The van der Waals surface area contributed by atoms with Crippen LogP contribution in [-0.4, -0.2) is 97.3 Å². The normalized spacial score (nSPS) is 16.6. The minimum absolute atomic E-state index is 0. The SMILES string of the molecule is Cl.O=C(NCCN1CCOCC1)c1c[nH]c2ncc(-c3ccc(C(=O)N4CCOCC4)cc3)cc12. The molecule has 2 fully saturated rings. The molecule has 1 aromatic carbocycles. The summed E-state index contributed by atoms with van der Waals surface area (Å²) in [4.78, 5) is 37.2. The number of rotatable bonds is 6. The second-order valence-corrected chi connectivity index (χ2v) is 8.51. The molecule has 0 atom stereocenters. The fraction of sp³-hybridized carbons (Fsp3) is 0.400. The summed E-state index contributed by atoms with van der Waals surface area (Å²) >= 11 is 0. The number of amides is 2. The molecule has 0 radical (unpaired) electrons. The summed E-state index contributed by atoms with van der Waals surface area (Å²) in [5, 5.41) is 3.79. The molecule has 0 unspecified atom stereocenters. The molecule has 186 valence electrons. The molecule has 0 saturated carbocycles. The van der Waals surface area contributed by atoms with Crippen LogP contribution in [0.2, 0.25) is 0 Å². The number of morpholine rings is 2. The van der Waals surface area contributed by atoms with E-state index in [9.17, 15) is 9.59 Å². The van der Waals surface area contributed by atoms with Crippen LogP contribution in [0.4, 0.5) is 0 Å². The van der Waals surface area contributed by atoms with Crippen molar-refractivity contribution < 1.29 is 19.1 Å². The smallest absolute Gasteiger partial charge is 0.254 e. The number of H-pyrrole nitrogens is 1. The number of nitrogens with zero attached hydrogens (tertiary/aromatic N) is 3. The predicted octanol–water partition coefficient (Wildman–Crippen LogP) is 2.19. The Kier molecular flexibility index (Phi) is 8.35. The Hall–Kier alpha value is -2.98. The zero-order valence-corrected chi connectivity index (χ0v) is 20.3. The number of aromatic nitrogens is 2. The second kappa shape index (κ2) is 11.6. The van der Waals surface area contributed by atoms with E-state index in [0.29, 0.717) is 49.6 Å². The number of fused-ring (bicyclic) bond motifs is 1. The van der Waals surface area contributed by atoms with Crippen LogP contribution in [0.3, 0.4) is 0 Å². The molecule has 2 N–H and O–H groups in total. The molecular formula is C25H30ClN5O4. The molecule has 5 rings (SSSR count). The summed E-state index contributed by atoms with van der Waals surface area (Å²) in [6.45, 7) is 7.05. The zero-order valence-electron chi connectivity index (χ0n) is 19.5. The molecule has 9 nitrogen and oxygen atoms in total. The summed E-state index contributed by atoms with van der Waals surface area (Å²) in [5.41, 5.74) is 3.72. The first-order valence-electron chi connectivity index (χ1n) is 11.7. The second-order valence-electron chi connectivity index (χ2n) is 8.51. The number of benzene rings is 1. The highest BCUT2D eigenvalue weighted by atomic mass is 35.5. The zero-order chi connectivity index (χ0) is 23.3. The number of carbonyl (C=O) groups is 2. The highest BCUT2D eigenvalue weighted by molar-refractivity contribution is 6.06. The van der Waals surface area contributed by atoms with Gasteiger partial charge in [0.25, 0.3) is 11.8 Å². The Bertz CT molecular complexity index is 1150. The van der Waals surface area contributed by atoms with Crippen molar-refractivity contribution in [3.8, 4) is 11.1 Å². The number of carbonyl (C=O) groups excluding carboxylic acids is 2. The average Bonchev–Trinajstić information content (AvgIpc) is 3.33. The topological polar surface area (TPSA) is 99.8 Å². The van der Waals surface area contributed by atoms with E-state index in [4.69, 9.17) is 9.47 Å². The van der Waals surface area contributed by atoms with E-state index in [1.54, 1.807) is 12.4 Å². The molecule has 2 saturated heterocycles. The van der Waals surface area contributed by atoms with Crippen LogP contribution in [-0.2, 0) is 9.47 Å². The number of hydrogen-bond donors (Lipinski definition) is 2. The molecule has 35 heavy (non-hydrogen) atoms. The third-order valence-electron chi connectivity index (χ3n) is 6.36. The van der Waals surface area contributed by atoms with E-state index in [-0.39, 0.29) is 24.2 Å². The highest BCUT2D eigenvalue weighted by Crippen LogP contribution is 2.25. The molecule has 2 aromatic heterocycles. The van der Waals surface area contributed by atoms with E-state index in [0.717, 1.165) is 49.4 Å². The fourth-order valence-corrected chi connectivity index (χ4v) is 4.35. The monoisotopic (exact) mass is 499 g/mol. The molecule has 10 heteroatoms. The van der Waals surface area contributed by atoms with Crippen molar-refractivity contribution in [2.45, 2.75) is 0 Å². The Morgan fingerprint density at radius 2 is 1.66 bits per heavy atom. The van der Waals surface area contributed by atoms with Crippen molar-refractivity contribution in [2.75, 3.05) is 65.7 Å². The molecular weight excluding hydrogens is 470 g/mol. The van der Waals surface area contributed by atoms with Crippen LogP contribution < -0.4 is 5.32 Å². The first-order chi connectivity index (χ1) is 16.7. The lowest BCUT2D eigenvalue weighted by atomic mass is 10.0. The maximum atomic E-state index is 12.8. The van der Waals surface area contributed by atoms with Gasteiger partial charge in [-0.3, -0.25) is 14.5 Å². The Labute approximate surface area is 210 Å². The summed E-state index contributed by atoms with van der Waals surface area (Å²) in [6.07, 6.45) is 3.48. The number of ether oxygens (including phenoxy) is 2. The molecule has 0 bridgehead atoms. The van der Waals surface area contributed by atoms with Crippen molar-refractivity contribution in [3.05, 3.63) is 53.9 Å². The minimum atomic E-state index is -0.120. The van der Waals surface area contributed by atoms with E-state index in [1.165, 1.54) is 0 Å². The van der Waals surface area contributed by atoms with Crippen LogP contribution in [0.5, 0.6) is 0 Å². The standard InChI is InChI=1S/C25H29N5O4.ClH/c31-24(26-5-6-29-7-11-33-12-8-29)22-17-28-23-21(22)15-20(16-27-23)18-1-3-19(4-2-18)25(32)30-9-13-34-14-10-30;/h1-4,15-17H,5-14H2,(H,26,31)(H,27,28);1H. The van der Waals surface area contributed by atoms with E-state index < -0.39 is 0 Å². The number of aromatic amines is 1. The maximum Gasteiger partial charge on any atom is 0.254 e. The molecule has 2 aliphatic rings. The van der Waals surface area contributed by atoms with Crippen LogP contribution >= 0.6 is 12.4 Å². The molecule has 0 aliphatic carbocycles. The number of halogens is 1. The van der Waals surface area contributed by atoms with Gasteiger partial charge in [0, 0.05) is 68.2 Å². The number of pyridine rings is 1. The summed E-state index contributed by atoms with van der Waals surface area (Å²) in [5.74, 6) is -0.102. The third kappa shape index (κ3) is 5.82. The van der Waals surface area contributed by atoms with Gasteiger partial charge in [0.1, 0.15) is 5.65 Å². The van der Waals surface area contributed by atoms with Crippen molar-refractivity contribution >= 4 is 35.3 Å². The molecule has 2 aliphatic heterocycles. The highest BCUT2D eigenvalue weighted by Gasteiger charge is 2.19. The predicted molar refractivity (Wildman–Crippen MR) is 135 cm³/mol. The molecule has 0 spiro atoms. The lowest BCUT2D eigenvalue weighted by Crippen LogP contribution is -2.41. The number of nitrogens with one attached hydrogen (secondary N) is 2. The van der Waals surface area contributed by atoms with E-state index >= 15 is 0 Å². The van der Waals surface area contributed by atoms with Crippen LogP contribution in [0, 0.1) is 0 Å². The van der Waals surface area contributed by atoms with Crippen molar-refractivity contribution in [1.82, 2.24) is 25.1 Å². The van der Waals surface area contributed by atoms with Crippen LogP contribution in [0.25, 0.3) is 22.2 Å². The molecule has 2 amide bonds. The van der Waals surface area contributed by atoms with E-state index in [2.05, 4.69) is 20.2 Å². The van der Waals surface area contributed by atoms with Gasteiger partial charge in [0.05, 0.1) is 32.0 Å². The molecule has 3 aromatic rings. The lowest BCUT2D eigenvalue weighted by Gasteiger charge is -2.26. The first-order valence-corrected chi connectivity index (χ1v) is 11.7. The minimum Gasteiger partial charge on any atom is -0.379 e. The van der Waals surface area contributed by atoms with Gasteiger partial charge >= 0.3 is 0 Å². The molecule has 4 heterocycles. The van der Waals surface area contributed by atoms with Gasteiger partial charge in [-0.25, -0.2) is 4.98 Å². The van der Waals surface area contributed by atoms with Crippen molar-refractivity contribution in [3.63, 3.8) is 0 Å². The average molecular weight is 500 g/mol. The Morgan fingerprint density at radius 3 is 2.37 bits per heavy atom. The van der Waals surface area contributed by atoms with Crippen LogP contribution in [0.15, 0.2) is 42.7 Å². The number of hydrogen-bond acceptors (Lipinski definition) is 6. The fourth-order valence-electron chi connectivity index (χ4n) is 4.35. The summed E-state index contributed by atoms with van der Waals surface area (Å²) in [6, 6.07) is 9.49. The maximum absolute atomic E-state index is 12.8. The van der Waals surface area contributed by atoms with Gasteiger partial charge in [0.2, 0.25) is 0 Å². The Morgan fingerprint density at radius 1 is 0.971 bits per heavy atom. The quantitative estimate of drug-likeness (QED) is 0.539. The van der Waals surface area contributed by atoms with E-state index in [1.807, 2.05) is 35.2 Å². The van der Waals surface area contributed by atoms with Crippen molar-refractivity contribution in [2.24, 2.45) is 0 Å². The largest absolute Gasteiger partial charge is 0.379 e. The lowest BCUT2D eigenvalue weighted by molar-refractivity contribution is 0.0303. The van der Waals surface area contributed by atoms with Gasteiger partial charge < -0.3 is 24.7 Å². The first kappa shape index (κ1) is 25.1. The Balaban J connectivity index is 0.00000289. The van der Waals surface area contributed by atoms with Gasteiger partial charge in [-0.2, -0.15) is 0 Å². The van der Waals surface area contributed by atoms with Gasteiger partial charge in [-0.1, -0.05) is 12.1 Å². The summed E-state index contributed by atoms with van der Waals surface area (Å²) in [7, 11) is 0. The summed E-state index contributed by atoms with van der Waals surface area (Å²) < 4.78 is 10.7. The van der Waals surface area contributed by atoms with Gasteiger partial charge in [-0.15, -0.1) is 12.4 Å². The van der Waals surface area contributed by atoms with Crippen molar-refractivity contribution in [1.29, 1.82) is 0 Å².